The van der Waals surface area contributed by atoms with Crippen molar-refractivity contribution in [1.82, 2.24) is 118 Å². The van der Waals surface area contributed by atoms with Gasteiger partial charge in [0.1, 0.15) is 0 Å². The second-order valence-electron chi connectivity index (χ2n) is 23.6. The van der Waals surface area contributed by atoms with E-state index in [-0.39, 0.29) is 0 Å². The molecule has 13 rings (SSSR count). The van der Waals surface area contributed by atoms with E-state index in [2.05, 4.69) is 176 Å². The molecule has 0 spiro atoms. The summed E-state index contributed by atoms with van der Waals surface area (Å²) >= 11 is 0. The first-order valence-corrected chi connectivity index (χ1v) is 31.7. The standard InChI is InChI=1S/C22H28N8.C22H30N8.C21H28N8/c1-3-19(4-2)29-14-17(12-26-29)22-21-7-8-24-30(21)15-20(27-22)16-11-25-28(13-16)10-9-23-18-5-6-18;1-5-19(6-2)29-15-18(13-25-29)22-21-8-9-23-30(21)16-20(26-22)17-12-24-28(14-17)11-7-10-27(3)4;1-5-18(6-2)28-14-17(12-24-28)21-20-7-8-22-29(20)15-19(25-21)16-11-23-27(13-16)10-9-26(3)4/h7-8,11-15,18-19,23H,3-6,9-10H2,1-2H3;8-9,12-16,19H,5-7,10-11H2,1-4H3;7-8,11-15,18H,5-6,9-10H2,1-4H3. The maximum atomic E-state index is 4.99. The van der Waals surface area contributed by atoms with Crippen molar-refractivity contribution in [3.8, 4) is 67.5 Å². The van der Waals surface area contributed by atoms with Gasteiger partial charge in [0.2, 0.25) is 0 Å². The Morgan fingerprint density at radius 1 is 0.404 bits per heavy atom. The van der Waals surface area contributed by atoms with Crippen LogP contribution in [0.2, 0.25) is 0 Å². The number of hydrogen-bond acceptors (Lipinski definition) is 15. The van der Waals surface area contributed by atoms with Gasteiger partial charge in [-0.25, -0.2) is 28.5 Å². The Hall–Kier alpha value is -9.00. The summed E-state index contributed by atoms with van der Waals surface area (Å²) in [6.07, 6.45) is 45.1. The smallest absolute Gasteiger partial charge is 0.0999 e. The molecule has 0 radical (unpaired) electrons. The van der Waals surface area contributed by atoms with Crippen LogP contribution in [0.3, 0.4) is 0 Å². The van der Waals surface area contributed by atoms with Crippen molar-refractivity contribution in [3.05, 3.63) is 130 Å². The Kier molecular flexibility index (Phi) is 19.7. The Bertz CT molecular complexity index is 3980. The highest BCUT2D eigenvalue weighted by Gasteiger charge is 2.22. The van der Waals surface area contributed by atoms with Crippen LogP contribution in [0, 0.1) is 0 Å². The highest BCUT2D eigenvalue weighted by Crippen LogP contribution is 2.32. The maximum absolute atomic E-state index is 4.99. The summed E-state index contributed by atoms with van der Waals surface area (Å²) in [5.74, 6) is 0. The number of fused-ring (bicyclic) bond motifs is 3. The van der Waals surface area contributed by atoms with Gasteiger partial charge in [-0.1, -0.05) is 41.5 Å². The van der Waals surface area contributed by atoms with Gasteiger partial charge in [0.05, 0.1) is 156 Å². The second-order valence-corrected chi connectivity index (χ2v) is 23.6. The maximum Gasteiger partial charge on any atom is 0.0999 e. The Morgan fingerprint density at radius 2 is 0.753 bits per heavy atom. The Morgan fingerprint density at radius 3 is 1.10 bits per heavy atom. The fourth-order valence-electron chi connectivity index (χ4n) is 11.2. The average Bonchev–Trinajstić information content (AvgIpc) is 3.63. The summed E-state index contributed by atoms with van der Waals surface area (Å²) < 4.78 is 17.7. The van der Waals surface area contributed by atoms with Crippen LogP contribution in [0.15, 0.2) is 130 Å². The predicted octanol–water partition coefficient (Wildman–Crippen LogP) is 10.7. The zero-order valence-corrected chi connectivity index (χ0v) is 53.3. The second kappa shape index (κ2) is 28.4. The third kappa shape index (κ3) is 14.6. The molecule has 12 aromatic rings. The summed E-state index contributed by atoms with van der Waals surface area (Å²) in [6, 6.07) is 7.91. The molecule has 0 amide bonds. The summed E-state index contributed by atoms with van der Waals surface area (Å²) in [5, 5.41) is 44.2. The number of likely N-dealkylation sites (N-methyl/N-ethyl adjacent to an activating group) is 1. The van der Waals surface area contributed by atoms with E-state index in [1.807, 2.05) is 114 Å². The highest BCUT2D eigenvalue weighted by atomic mass is 15.3. The van der Waals surface area contributed by atoms with Gasteiger partial charge in [-0.2, -0.15) is 45.9 Å². The molecule has 466 valence electrons. The van der Waals surface area contributed by atoms with Crippen LogP contribution in [0.1, 0.15) is 117 Å². The van der Waals surface area contributed by atoms with Gasteiger partial charge < -0.3 is 15.1 Å². The zero-order valence-electron chi connectivity index (χ0n) is 53.3. The van der Waals surface area contributed by atoms with Gasteiger partial charge in [0.15, 0.2) is 0 Å². The topological polar surface area (TPSA) is 216 Å². The van der Waals surface area contributed by atoms with E-state index < -0.39 is 0 Å². The van der Waals surface area contributed by atoms with Gasteiger partial charge in [0.25, 0.3) is 0 Å². The molecular formula is C65H86N24. The van der Waals surface area contributed by atoms with Crippen molar-refractivity contribution in [3.63, 3.8) is 0 Å². The molecule has 0 atom stereocenters. The number of nitrogens with one attached hydrogen (secondary N) is 1. The van der Waals surface area contributed by atoms with E-state index in [1.165, 1.54) is 12.8 Å². The van der Waals surface area contributed by atoms with Crippen LogP contribution in [-0.4, -0.2) is 166 Å². The molecule has 1 saturated carbocycles. The van der Waals surface area contributed by atoms with Crippen LogP contribution >= 0.6 is 0 Å². The van der Waals surface area contributed by atoms with E-state index in [0.29, 0.717) is 24.2 Å². The van der Waals surface area contributed by atoms with Crippen LogP contribution in [-0.2, 0) is 19.6 Å². The average molecular weight is 1200 g/mol. The Balaban J connectivity index is 0.000000138. The predicted molar refractivity (Wildman–Crippen MR) is 348 cm³/mol. The molecule has 12 heterocycles. The number of hydrogen-bond donors (Lipinski definition) is 1. The molecule has 1 aliphatic rings. The summed E-state index contributed by atoms with van der Waals surface area (Å²) in [7, 11) is 8.30. The molecule has 0 saturated heterocycles. The van der Waals surface area contributed by atoms with Crippen LogP contribution in [0.5, 0.6) is 0 Å². The van der Waals surface area contributed by atoms with Gasteiger partial charge in [0, 0.05) is 96.2 Å². The van der Waals surface area contributed by atoms with Crippen molar-refractivity contribution >= 4 is 16.6 Å². The van der Waals surface area contributed by atoms with Gasteiger partial charge in [-0.3, -0.25) is 28.1 Å². The van der Waals surface area contributed by atoms with Gasteiger partial charge in [-0.15, -0.1) is 0 Å². The van der Waals surface area contributed by atoms with E-state index in [9.17, 15) is 0 Å². The summed E-state index contributed by atoms with van der Waals surface area (Å²) in [6.45, 7) is 18.7. The minimum absolute atomic E-state index is 0.405. The fourth-order valence-corrected chi connectivity index (χ4v) is 11.2. The summed E-state index contributed by atoms with van der Waals surface area (Å²) in [5.41, 5.74) is 14.1. The largest absolute Gasteiger partial charge is 0.312 e. The molecule has 1 aliphatic carbocycles. The lowest BCUT2D eigenvalue weighted by molar-refractivity contribution is 0.373. The van der Waals surface area contributed by atoms with Crippen molar-refractivity contribution < 1.29 is 0 Å². The number of aromatic nitrogens is 21. The first-order chi connectivity index (χ1) is 43.4. The first-order valence-electron chi connectivity index (χ1n) is 31.7. The number of nitrogens with zero attached hydrogens (tertiary/aromatic N) is 23. The SMILES string of the molecule is CCC(CC)n1cc(-c2nc(-c3cnn(CCCN(C)C)c3)cn3nccc23)cn1.CCC(CC)n1cc(-c2nc(-c3cnn(CCN(C)C)c3)cn3nccc23)cn1.CCC(CC)n1cc(-c2nc(-c3cnn(CCNC4CC4)c3)cn3nccc23)cn1. The normalized spacial score (nSPS) is 12.7. The molecule has 0 aromatic carbocycles. The van der Waals surface area contributed by atoms with E-state index in [1.54, 1.807) is 12.4 Å². The van der Waals surface area contributed by atoms with Crippen LogP contribution < -0.4 is 5.32 Å². The molecule has 0 bridgehead atoms. The molecular weight excluding hydrogens is 1120 g/mol. The van der Waals surface area contributed by atoms with E-state index >= 15 is 0 Å². The molecule has 1 N–H and O–H groups in total. The number of aryl methyl sites for hydroxylation is 1. The summed E-state index contributed by atoms with van der Waals surface area (Å²) in [4.78, 5) is 19.3. The quantitative estimate of drug-likeness (QED) is 0.0533. The first kappa shape index (κ1) is 61.6. The van der Waals surface area contributed by atoms with Gasteiger partial charge >= 0.3 is 0 Å². The third-order valence-electron chi connectivity index (χ3n) is 16.7. The molecule has 0 unspecified atom stereocenters. The lowest BCUT2D eigenvalue weighted by atomic mass is 10.1. The Labute approximate surface area is 520 Å². The monoisotopic (exact) mass is 1200 g/mol. The van der Waals surface area contributed by atoms with Crippen LogP contribution in [0.25, 0.3) is 84.1 Å². The molecule has 24 heteroatoms. The third-order valence-corrected chi connectivity index (χ3v) is 16.7. The van der Waals surface area contributed by atoms with Crippen molar-refractivity contribution in [2.45, 2.75) is 143 Å². The lowest BCUT2D eigenvalue weighted by Crippen LogP contribution is -2.21. The molecule has 0 aliphatic heterocycles. The van der Waals surface area contributed by atoms with Crippen molar-refractivity contribution in [2.24, 2.45) is 0 Å². The highest BCUT2D eigenvalue weighted by molar-refractivity contribution is 5.80. The molecule has 89 heavy (non-hydrogen) atoms. The van der Waals surface area contributed by atoms with Gasteiger partial charge in [-0.05, 0) is 111 Å². The molecule has 24 nitrogen and oxygen atoms in total. The van der Waals surface area contributed by atoms with Crippen molar-refractivity contribution in [2.75, 3.05) is 47.8 Å². The van der Waals surface area contributed by atoms with Crippen LogP contribution in [0.4, 0.5) is 0 Å². The lowest BCUT2D eigenvalue weighted by Gasteiger charge is -2.12. The van der Waals surface area contributed by atoms with Crippen molar-refractivity contribution in [1.29, 1.82) is 0 Å². The molecule has 12 aromatic heterocycles. The minimum Gasteiger partial charge on any atom is -0.312 e. The molecule has 1 fully saturated rings. The minimum atomic E-state index is 0.405. The zero-order chi connectivity index (χ0) is 62.0. The van der Waals surface area contributed by atoms with E-state index in [0.717, 1.165) is 168 Å². The fraction of sp³-hybridized carbons (Fsp3) is 0.446. The van der Waals surface area contributed by atoms with E-state index in [4.69, 9.17) is 15.0 Å². The number of rotatable bonds is 26.